The predicted octanol–water partition coefficient (Wildman–Crippen LogP) is 4.15. The van der Waals surface area contributed by atoms with Crippen LogP contribution in [-0.2, 0) is 6.54 Å². The molecular formula is C17H27NO. The topological polar surface area (TPSA) is 21.3 Å². The van der Waals surface area contributed by atoms with E-state index in [1.165, 1.54) is 37.7 Å². The first-order valence-corrected chi connectivity index (χ1v) is 7.65. The summed E-state index contributed by atoms with van der Waals surface area (Å²) in [6.07, 6.45) is 6.95. The zero-order valence-electron chi connectivity index (χ0n) is 12.4. The van der Waals surface area contributed by atoms with E-state index in [-0.39, 0.29) is 0 Å². The van der Waals surface area contributed by atoms with Crippen molar-refractivity contribution in [2.75, 3.05) is 13.2 Å². The molecule has 0 atom stereocenters. The summed E-state index contributed by atoms with van der Waals surface area (Å²) < 4.78 is 5.66. The molecule has 19 heavy (non-hydrogen) atoms. The van der Waals surface area contributed by atoms with Gasteiger partial charge in [-0.25, -0.2) is 0 Å². The average Bonchev–Trinajstić information content (AvgIpc) is 2.42. The molecule has 1 N–H and O–H groups in total. The minimum Gasteiger partial charge on any atom is -0.494 e. The van der Waals surface area contributed by atoms with Crippen molar-refractivity contribution in [3.63, 3.8) is 0 Å². The molecule has 0 saturated heterocycles. The normalized spacial score (nSPS) is 18.2. The van der Waals surface area contributed by atoms with Crippen molar-refractivity contribution < 1.29 is 4.74 Å². The Labute approximate surface area is 117 Å². The van der Waals surface area contributed by atoms with Gasteiger partial charge in [0.1, 0.15) is 5.75 Å². The van der Waals surface area contributed by atoms with E-state index in [9.17, 15) is 0 Å². The van der Waals surface area contributed by atoms with Crippen LogP contribution >= 0.6 is 0 Å². The van der Waals surface area contributed by atoms with E-state index in [1.807, 2.05) is 13.0 Å². The van der Waals surface area contributed by atoms with E-state index in [0.29, 0.717) is 5.41 Å². The third-order valence-electron chi connectivity index (χ3n) is 4.20. The lowest BCUT2D eigenvalue weighted by Crippen LogP contribution is -2.33. The fourth-order valence-electron chi connectivity index (χ4n) is 3.03. The van der Waals surface area contributed by atoms with Gasteiger partial charge in [-0.2, -0.15) is 0 Å². The maximum Gasteiger partial charge on any atom is 0.123 e. The van der Waals surface area contributed by atoms with Gasteiger partial charge < -0.3 is 10.1 Å². The molecule has 0 radical (unpaired) electrons. The Morgan fingerprint density at radius 2 is 1.89 bits per heavy atom. The molecule has 0 heterocycles. The molecule has 1 saturated carbocycles. The van der Waals surface area contributed by atoms with E-state index >= 15 is 0 Å². The minimum atomic E-state index is 0.499. The Morgan fingerprint density at radius 1 is 1.16 bits per heavy atom. The summed E-state index contributed by atoms with van der Waals surface area (Å²) in [4.78, 5) is 0. The van der Waals surface area contributed by atoms with Crippen molar-refractivity contribution in [3.05, 3.63) is 29.8 Å². The van der Waals surface area contributed by atoms with Crippen LogP contribution in [0.15, 0.2) is 24.3 Å². The van der Waals surface area contributed by atoms with Gasteiger partial charge in [0.05, 0.1) is 6.61 Å². The molecular weight excluding hydrogens is 234 g/mol. The number of hydrogen-bond donors (Lipinski definition) is 1. The molecule has 0 aliphatic heterocycles. The Morgan fingerprint density at radius 3 is 2.63 bits per heavy atom. The van der Waals surface area contributed by atoms with Crippen LogP contribution in [0.1, 0.15) is 51.5 Å². The van der Waals surface area contributed by atoms with Crippen molar-refractivity contribution in [1.82, 2.24) is 5.32 Å². The van der Waals surface area contributed by atoms with Crippen LogP contribution in [0.4, 0.5) is 0 Å². The molecule has 1 aromatic rings. The van der Waals surface area contributed by atoms with Crippen LogP contribution in [-0.4, -0.2) is 13.2 Å². The Balaban J connectivity index is 1.85. The zero-order valence-corrected chi connectivity index (χ0v) is 12.4. The highest BCUT2D eigenvalue weighted by atomic mass is 16.5. The second-order valence-electron chi connectivity index (χ2n) is 6.02. The van der Waals surface area contributed by atoms with Crippen LogP contribution in [0.3, 0.4) is 0 Å². The number of ether oxygens (including phenoxy) is 1. The first-order chi connectivity index (χ1) is 9.23. The maximum absolute atomic E-state index is 5.66. The summed E-state index contributed by atoms with van der Waals surface area (Å²) >= 11 is 0. The van der Waals surface area contributed by atoms with E-state index in [2.05, 4.69) is 30.4 Å². The highest BCUT2D eigenvalue weighted by Crippen LogP contribution is 2.35. The highest BCUT2D eigenvalue weighted by molar-refractivity contribution is 5.33. The number of benzene rings is 1. The predicted molar refractivity (Wildman–Crippen MR) is 80.5 cm³/mol. The first-order valence-electron chi connectivity index (χ1n) is 7.65. The summed E-state index contributed by atoms with van der Waals surface area (Å²) in [7, 11) is 0. The molecule has 0 bridgehead atoms. The SMILES string of the molecule is CCOc1ccccc1CNCC1(C)CCCCC1. The van der Waals surface area contributed by atoms with Crippen LogP contribution in [0.5, 0.6) is 5.75 Å². The van der Waals surface area contributed by atoms with Gasteiger partial charge in [0.25, 0.3) is 0 Å². The van der Waals surface area contributed by atoms with Gasteiger partial charge in [-0.15, -0.1) is 0 Å². The smallest absolute Gasteiger partial charge is 0.123 e. The molecule has 2 nitrogen and oxygen atoms in total. The third kappa shape index (κ3) is 4.24. The molecule has 1 aliphatic rings. The summed E-state index contributed by atoms with van der Waals surface area (Å²) in [6.45, 7) is 7.22. The number of rotatable bonds is 6. The first kappa shape index (κ1) is 14.4. The fourth-order valence-corrected chi connectivity index (χ4v) is 3.03. The van der Waals surface area contributed by atoms with Crippen molar-refractivity contribution in [2.45, 2.75) is 52.5 Å². The second-order valence-corrected chi connectivity index (χ2v) is 6.02. The molecule has 1 fully saturated rings. The molecule has 0 aromatic heterocycles. The zero-order chi connectivity index (χ0) is 13.6. The largest absolute Gasteiger partial charge is 0.494 e. The molecule has 2 rings (SSSR count). The summed E-state index contributed by atoms with van der Waals surface area (Å²) in [6, 6.07) is 8.34. The lowest BCUT2D eigenvalue weighted by atomic mass is 9.76. The van der Waals surface area contributed by atoms with Gasteiger partial charge in [-0.3, -0.25) is 0 Å². The third-order valence-corrected chi connectivity index (χ3v) is 4.20. The van der Waals surface area contributed by atoms with Crippen LogP contribution in [0, 0.1) is 5.41 Å². The molecule has 0 spiro atoms. The van der Waals surface area contributed by atoms with Gasteiger partial charge in [0.2, 0.25) is 0 Å². The molecule has 0 amide bonds. The standard InChI is InChI=1S/C17H27NO/c1-3-19-16-10-6-5-9-15(16)13-18-14-17(2)11-7-4-8-12-17/h5-6,9-10,18H,3-4,7-8,11-14H2,1-2H3. The van der Waals surface area contributed by atoms with Crippen LogP contribution in [0.2, 0.25) is 0 Å². The molecule has 2 heteroatoms. The second kappa shape index (κ2) is 6.95. The average molecular weight is 261 g/mol. The Kier molecular flexibility index (Phi) is 5.26. The lowest BCUT2D eigenvalue weighted by Gasteiger charge is -2.33. The van der Waals surface area contributed by atoms with E-state index in [4.69, 9.17) is 4.74 Å². The fraction of sp³-hybridized carbons (Fsp3) is 0.647. The van der Waals surface area contributed by atoms with Gasteiger partial charge >= 0.3 is 0 Å². The molecule has 1 aromatic carbocycles. The van der Waals surface area contributed by atoms with Crippen molar-refractivity contribution >= 4 is 0 Å². The maximum atomic E-state index is 5.66. The van der Waals surface area contributed by atoms with E-state index < -0.39 is 0 Å². The van der Waals surface area contributed by atoms with Gasteiger partial charge in [-0.1, -0.05) is 44.4 Å². The monoisotopic (exact) mass is 261 g/mol. The van der Waals surface area contributed by atoms with Crippen LogP contribution in [0.25, 0.3) is 0 Å². The minimum absolute atomic E-state index is 0.499. The summed E-state index contributed by atoms with van der Waals surface area (Å²) in [5.41, 5.74) is 1.77. The number of para-hydroxylation sites is 1. The lowest BCUT2D eigenvalue weighted by molar-refractivity contribution is 0.207. The van der Waals surface area contributed by atoms with Gasteiger partial charge in [0.15, 0.2) is 0 Å². The summed E-state index contributed by atoms with van der Waals surface area (Å²) in [5, 5.41) is 3.63. The van der Waals surface area contributed by atoms with Gasteiger partial charge in [-0.05, 0) is 31.2 Å². The number of nitrogens with one attached hydrogen (secondary N) is 1. The van der Waals surface area contributed by atoms with Gasteiger partial charge in [0, 0.05) is 18.7 Å². The Hall–Kier alpha value is -1.02. The van der Waals surface area contributed by atoms with E-state index in [1.54, 1.807) is 0 Å². The summed E-state index contributed by atoms with van der Waals surface area (Å²) in [5.74, 6) is 1.02. The molecule has 106 valence electrons. The quantitative estimate of drug-likeness (QED) is 0.830. The van der Waals surface area contributed by atoms with Crippen molar-refractivity contribution in [3.8, 4) is 5.75 Å². The van der Waals surface area contributed by atoms with Crippen molar-refractivity contribution in [2.24, 2.45) is 5.41 Å². The number of hydrogen-bond acceptors (Lipinski definition) is 2. The molecule has 0 unspecified atom stereocenters. The van der Waals surface area contributed by atoms with Crippen molar-refractivity contribution in [1.29, 1.82) is 0 Å². The Bertz CT molecular complexity index is 383. The van der Waals surface area contributed by atoms with E-state index in [0.717, 1.165) is 25.4 Å². The van der Waals surface area contributed by atoms with Crippen LogP contribution < -0.4 is 10.1 Å². The highest BCUT2D eigenvalue weighted by Gasteiger charge is 2.26. The molecule has 1 aliphatic carbocycles.